The summed E-state index contributed by atoms with van der Waals surface area (Å²) in [6.45, 7) is 4.46. The molecule has 2 N–H and O–H groups in total. The molecular weight excluding hydrogens is 182 g/mol. The van der Waals surface area contributed by atoms with Crippen molar-refractivity contribution in [2.45, 2.75) is 19.3 Å². The highest BCUT2D eigenvalue weighted by atomic mass is 16.3. The van der Waals surface area contributed by atoms with Crippen LogP contribution in [0.1, 0.15) is 19.3 Å². The van der Waals surface area contributed by atoms with Crippen LogP contribution in [0, 0.1) is 0 Å². The fourth-order valence-corrected chi connectivity index (χ4v) is 1.14. The molecule has 0 atom stereocenters. The fraction of sp³-hybridized carbons (Fsp3) is 0.700. The molecule has 0 aliphatic heterocycles. The topological polar surface area (TPSA) is 60.8 Å². The number of amides is 1. The zero-order valence-electron chi connectivity index (χ0n) is 8.48. The molecule has 0 aromatic carbocycles. The van der Waals surface area contributed by atoms with Crippen LogP contribution in [0.2, 0.25) is 0 Å². The van der Waals surface area contributed by atoms with Crippen LogP contribution in [0.4, 0.5) is 0 Å². The minimum atomic E-state index is -0.0282. The normalized spacial score (nSPS) is 9.86. The summed E-state index contributed by atoms with van der Waals surface area (Å²) in [5, 5.41) is 17.3. The number of nitrogens with zero attached hydrogens (tertiary/aromatic N) is 1. The predicted octanol–water partition coefficient (Wildman–Crippen LogP) is 0.156. The van der Waals surface area contributed by atoms with Crippen molar-refractivity contribution in [3.8, 4) is 0 Å². The number of rotatable bonds is 8. The fourth-order valence-electron chi connectivity index (χ4n) is 1.14. The van der Waals surface area contributed by atoms with E-state index in [0.29, 0.717) is 32.4 Å². The van der Waals surface area contributed by atoms with E-state index in [1.54, 1.807) is 11.0 Å². The van der Waals surface area contributed by atoms with Crippen LogP contribution in [0.15, 0.2) is 12.7 Å². The number of carbonyl (C=O) groups is 1. The Bertz CT molecular complexity index is 171. The summed E-state index contributed by atoms with van der Waals surface area (Å²) in [6, 6.07) is 0. The summed E-state index contributed by atoms with van der Waals surface area (Å²) in [4.78, 5) is 13.0. The van der Waals surface area contributed by atoms with Crippen LogP contribution in [0.25, 0.3) is 0 Å². The summed E-state index contributed by atoms with van der Waals surface area (Å²) in [6.07, 6.45) is 3.40. The van der Waals surface area contributed by atoms with E-state index >= 15 is 0 Å². The van der Waals surface area contributed by atoms with Crippen molar-refractivity contribution < 1.29 is 15.0 Å². The number of carbonyl (C=O) groups excluding carboxylic acids is 1. The van der Waals surface area contributed by atoms with Gasteiger partial charge in [0.1, 0.15) is 0 Å². The maximum absolute atomic E-state index is 11.5. The van der Waals surface area contributed by atoms with Crippen molar-refractivity contribution in [3.05, 3.63) is 12.7 Å². The van der Waals surface area contributed by atoms with Gasteiger partial charge in [0.2, 0.25) is 5.91 Å². The van der Waals surface area contributed by atoms with Gasteiger partial charge < -0.3 is 15.1 Å². The zero-order valence-corrected chi connectivity index (χ0v) is 8.48. The minimum Gasteiger partial charge on any atom is -0.396 e. The summed E-state index contributed by atoms with van der Waals surface area (Å²) in [7, 11) is 0. The van der Waals surface area contributed by atoms with Crippen LogP contribution >= 0.6 is 0 Å². The highest BCUT2D eigenvalue weighted by molar-refractivity contribution is 5.76. The number of unbranched alkanes of at least 4 members (excludes halogenated alkanes) is 1. The van der Waals surface area contributed by atoms with E-state index in [4.69, 9.17) is 10.2 Å². The van der Waals surface area contributed by atoms with E-state index in [2.05, 4.69) is 6.58 Å². The van der Waals surface area contributed by atoms with Gasteiger partial charge >= 0.3 is 0 Å². The van der Waals surface area contributed by atoms with Gasteiger partial charge in [0.25, 0.3) is 0 Å². The molecule has 0 bridgehead atoms. The maximum atomic E-state index is 11.5. The Kier molecular flexibility index (Phi) is 8.17. The van der Waals surface area contributed by atoms with Gasteiger partial charge in [0, 0.05) is 26.1 Å². The molecule has 0 saturated heterocycles. The quantitative estimate of drug-likeness (QED) is 0.434. The van der Waals surface area contributed by atoms with Crippen molar-refractivity contribution in [1.82, 2.24) is 4.90 Å². The Balaban J connectivity index is 3.81. The highest BCUT2D eigenvalue weighted by Gasteiger charge is 2.10. The molecule has 0 aromatic rings. The first kappa shape index (κ1) is 13.1. The van der Waals surface area contributed by atoms with Crippen molar-refractivity contribution in [2.24, 2.45) is 0 Å². The van der Waals surface area contributed by atoms with Crippen LogP contribution in [-0.2, 0) is 4.79 Å². The third-order valence-electron chi connectivity index (χ3n) is 1.87. The first-order valence-electron chi connectivity index (χ1n) is 4.86. The van der Waals surface area contributed by atoms with Crippen molar-refractivity contribution >= 4 is 5.91 Å². The van der Waals surface area contributed by atoms with Gasteiger partial charge in [-0.15, -0.1) is 6.58 Å². The molecule has 1 amide bonds. The van der Waals surface area contributed by atoms with Gasteiger partial charge in [-0.05, 0) is 12.8 Å². The van der Waals surface area contributed by atoms with Crippen LogP contribution in [0.3, 0.4) is 0 Å². The Morgan fingerprint density at radius 3 is 2.50 bits per heavy atom. The number of aliphatic hydroxyl groups is 2. The smallest absolute Gasteiger partial charge is 0.222 e. The second-order valence-electron chi connectivity index (χ2n) is 3.03. The second kappa shape index (κ2) is 8.72. The van der Waals surface area contributed by atoms with Gasteiger partial charge in [-0.25, -0.2) is 0 Å². The SMILES string of the molecule is C=CCN(CCO)C(=O)CCCCO. The second-order valence-corrected chi connectivity index (χ2v) is 3.03. The van der Waals surface area contributed by atoms with Gasteiger partial charge in [-0.1, -0.05) is 6.08 Å². The first-order valence-corrected chi connectivity index (χ1v) is 4.86. The summed E-state index contributed by atoms with van der Waals surface area (Å²) >= 11 is 0. The zero-order chi connectivity index (χ0) is 10.8. The van der Waals surface area contributed by atoms with Gasteiger partial charge in [0.05, 0.1) is 6.61 Å². The molecule has 4 heteroatoms. The van der Waals surface area contributed by atoms with E-state index in [0.717, 1.165) is 0 Å². The molecular formula is C10H19NO3. The van der Waals surface area contributed by atoms with Gasteiger partial charge in [-0.3, -0.25) is 4.79 Å². The molecule has 14 heavy (non-hydrogen) atoms. The predicted molar refractivity (Wildman–Crippen MR) is 54.8 cm³/mol. The van der Waals surface area contributed by atoms with E-state index in [1.165, 1.54) is 0 Å². The molecule has 0 spiro atoms. The average molecular weight is 201 g/mol. The Morgan fingerprint density at radius 2 is 2.00 bits per heavy atom. The number of hydrogen-bond acceptors (Lipinski definition) is 3. The molecule has 0 aliphatic carbocycles. The average Bonchev–Trinajstić information content (AvgIpc) is 2.18. The third kappa shape index (κ3) is 5.72. The summed E-state index contributed by atoms with van der Waals surface area (Å²) in [5.74, 6) is 0.00685. The Morgan fingerprint density at radius 1 is 1.29 bits per heavy atom. The molecule has 4 nitrogen and oxygen atoms in total. The molecule has 0 unspecified atom stereocenters. The molecule has 0 rings (SSSR count). The lowest BCUT2D eigenvalue weighted by Crippen LogP contribution is -2.33. The lowest BCUT2D eigenvalue weighted by Gasteiger charge is -2.19. The maximum Gasteiger partial charge on any atom is 0.222 e. The van der Waals surface area contributed by atoms with Crippen molar-refractivity contribution in [3.63, 3.8) is 0 Å². The van der Waals surface area contributed by atoms with Gasteiger partial charge in [0.15, 0.2) is 0 Å². The van der Waals surface area contributed by atoms with Crippen LogP contribution in [-0.4, -0.2) is 47.3 Å². The van der Waals surface area contributed by atoms with E-state index in [1.807, 2.05) is 0 Å². The Hall–Kier alpha value is -0.870. The minimum absolute atomic E-state index is 0.00685. The van der Waals surface area contributed by atoms with E-state index < -0.39 is 0 Å². The third-order valence-corrected chi connectivity index (χ3v) is 1.87. The van der Waals surface area contributed by atoms with Crippen LogP contribution in [0.5, 0.6) is 0 Å². The molecule has 0 aromatic heterocycles. The lowest BCUT2D eigenvalue weighted by molar-refractivity contribution is -0.131. The number of aliphatic hydroxyl groups excluding tert-OH is 2. The molecule has 0 heterocycles. The molecule has 0 aliphatic rings. The van der Waals surface area contributed by atoms with E-state index in [9.17, 15) is 4.79 Å². The van der Waals surface area contributed by atoms with E-state index in [-0.39, 0.29) is 19.1 Å². The highest BCUT2D eigenvalue weighted by Crippen LogP contribution is 2.00. The van der Waals surface area contributed by atoms with Gasteiger partial charge in [-0.2, -0.15) is 0 Å². The number of hydrogen-bond donors (Lipinski definition) is 2. The monoisotopic (exact) mass is 201 g/mol. The van der Waals surface area contributed by atoms with Crippen LogP contribution < -0.4 is 0 Å². The molecule has 82 valence electrons. The molecule has 0 radical (unpaired) electrons. The molecule has 0 saturated carbocycles. The largest absolute Gasteiger partial charge is 0.396 e. The first-order chi connectivity index (χ1) is 6.76. The lowest BCUT2D eigenvalue weighted by atomic mass is 10.2. The van der Waals surface area contributed by atoms with Crippen molar-refractivity contribution in [2.75, 3.05) is 26.3 Å². The standard InChI is InChI=1S/C10H19NO3/c1-2-6-11(7-9-13)10(14)5-3-4-8-12/h2,12-13H,1,3-9H2. The summed E-state index contributed by atoms with van der Waals surface area (Å²) < 4.78 is 0. The molecule has 0 fully saturated rings. The Labute approximate surface area is 84.8 Å². The summed E-state index contributed by atoms with van der Waals surface area (Å²) in [5.41, 5.74) is 0. The van der Waals surface area contributed by atoms with Crippen molar-refractivity contribution in [1.29, 1.82) is 0 Å².